The second kappa shape index (κ2) is 8.82. The van der Waals surface area contributed by atoms with Crippen molar-refractivity contribution in [3.8, 4) is 0 Å². The van der Waals surface area contributed by atoms with E-state index < -0.39 is 0 Å². The van der Waals surface area contributed by atoms with Crippen LogP contribution in [-0.2, 0) is 9.53 Å². The zero-order valence-electron chi connectivity index (χ0n) is 13.1. The highest BCUT2D eigenvalue weighted by Gasteiger charge is 2.34. The normalized spacial score (nSPS) is 17.2. The second-order valence-corrected chi connectivity index (χ2v) is 5.47. The summed E-state index contributed by atoms with van der Waals surface area (Å²) in [6, 6.07) is 0. The number of nitrogens with one attached hydrogen (secondary N) is 2. The minimum atomic E-state index is -0.128. The Bertz CT molecular complexity index is 320. The molecule has 1 rings (SSSR count). The molecule has 0 bridgehead atoms. The predicted octanol–water partition coefficient (Wildman–Crippen LogP) is 2.07. The van der Waals surface area contributed by atoms with E-state index in [1.807, 2.05) is 6.92 Å². The summed E-state index contributed by atoms with van der Waals surface area (Å²) in [6.07, 6.45) is 6.42. The van der Waals surface area contributed by atoms with Crippen molar-refractivity contribution in [1.82, 2.24) is 10.6 Å². The Labute approximate surface area is 122 Å². The van der Waals surface area contributed by atoms with Gasteiger partial charge in [0.25, 0.3) is 0 Å². The van der Waals surface area contributed by atoms with Crippen LogP contribution in [-0.4, -0.2) is 38.7 Å². The standard InChI is InChI=1S/C15H29N3O2/c1-4-15(9-7-10-15)12-18-14(16-3)17-11-6-8-13(19)20-5-2/h4-12H2,1-3H3,(H2,16,17,18). The van der Waals surface area contributed by atoms with E-state index in [1.165, 1.54) is 25.7 Å². The predicted molar refractivity (Wildman–Crippen MR) is 81.8 cm³/mol. The van der Waals surface area contributed by atoms with Crippen LogP contribution in [0, 0.1) is 5.41 Å². The van der Waals surface area contributed by atoms with Crippen LogP contribution in [0.15, 0.2) is 4.99 Å². The van der Waals surface area contributed by atoms with Crippen molar-refractivity contribution in [3.63, 3.8) is 0 Å². The number of ether oxygens (including phenoxy) is 1. The van der Waals surface area contributed by atoms with Crippen LogP contribution in [0.1, 0.15) is 52.4 Å². The van der Waals surface area contributed by atoms with Crippen molar-refractivity contribution in [3.05, 3.63) is 0 Å². The minimum absolute atomic E-state index is 0.128. The van der Waals surface area contributed by atoms with Gasteiger partial charge >= 0.3 is 5.97 Å². The van der Waals surface area contributed by atoms with Gasteiger partial charge in [0, 0.05) is 26.6 Å². The molecule has 2 N–H and O–H groups in total. The fourth-order valence-electron chi connectivity index (χ4n) is 2.50. The first-order valence-corrected chi connectivity index (χ1v) is 7.76. The molecule has 0 amide bonds. The molecule has 1 fully saturated rings. The quantitative estimate of drug-likeness (QED) is 0.310. The highest BCUT2D eigenvalue weighted by molar-refractivity contribution is 5.79. The molecule has 1 aliphatic rings. The van der Waals surface area contributed by atoms with Gasteiger partial charge in [-0.05, 0) is 38.0 Å². The van der Waals surface area contributed by atoms with Crippen molar-refractivity contribution in [2.75, 3.05) is 26.7 Å². The molecule has 5 nitrogen and oxygen atoms in total. The fraction of sp³-hybridized carbons (Fsp3) is 0.867. The molecule has 20 heavy (non-hydrogen) atoms. The number of carbonyl (C=O) groups is 1. The number of esters is 1. The largest absolute Gasteiger partial charge is 0.466 e. The van der Waals surface area contributed by atoms with E-state index in [0.29, 0.717) is 18.4 Å². The third-order valence-electron chi connectivity index (χ3n) is 4.17. The Morgan fingerprint density at radius 1 is 1.30 bits per heavy atom. The van der Waals surface area contributed by atoms with Crippen molar-refractivity contribution >= 4 is 11.9 Å². The number of hydrogen-bond donors (Lipinski definition) is 2. The molecule has 0 radical (unpaired) electrons. The first-order chi connectivity index (χ1) is 9.65. The van der Waals surface area contributed by atoms with Gasteiger partial charge in [0.2, 0.25) is 0 Å². The summed E-state index contributed by atoms with van der Waals surface area (Å²) >= 11 is 0. The summed E-state index contributed by atoms with van der Waals surface area (Å²) < 4.78 is 4.89. The minimum Gasteiger partial charge on any atom is -0.466 e. The van der Waals surface area contributed by atoms with Gasteiger partial charge in [-0.15, -0.1) is 0 Å². The summed E-state index contributed by atoms with van der Waals surface area (Å²) in [4.78, 5) is 15.4. The molecule has 5 heteroatoms. The second-order valence-electron chi connectivity index (χ2n) is 5.47. The summed E-state index contributed by atoms with van der Waals surface area (Å²) in [5.41, 5.74) is 0.475. The first-order valence-electron chi connectivity index (χ1n) is 7.76. The highest BCUT2D eigenvalue weighted by atomic mass is 16.5. The molecule has 0 spiro atoms. The van der Waals surface area contributed by atoms with E-state index in [2.05, 4.69) is 22.5 Å². The molecule has 0 aromatic carbocycles. The molecular formula is C15H29N3O2. The van der Waals surface area contributed by atoms with Gasteiger partial charge < -0.3 is 15.4 Å². The van der Waals surface area contributed by atoms with Crippen LogP contribution in [0.4, 0.5) is 0 Å². The number of rotatable bonds is 8. The van der Waals surface area contributed by atoms with E-state index in [-0.39, 0.29) is 5.97 Å². The fourth-order valence-corrected chi connectivity index (χ4v) is 2.50. The first kappa shape index (κ1) is 16.8. The average molecular weight is 283 g/mol. The van der Waals surface area contributed by atoms with Crippen molar-refractivity contribution in [2.24, 2.45) is 10.4 Å². The third-order valence-corrected chi connectivity index (χ3v) is 4.17. The van der Waals surface area contributed by atoms with Crippen LogP contribution >= 0.6 is 0 Å². The van der Waals surface area contributed by atoms with Crippen molar-refractivity contribution < 1.29 is 9.53 Å². The van der Waals surface area contributed by atoms with Crippen molar-refractivity contribution in [1.29, 1.82) is 0 Å². The zero-order valence-corrected chi connectivity index (χ0v) is 13.1. The maximum Gasteiger partial charge on any atom is 0.305 e. The van der Waals surface area contributed by atoms with Gasteiger partial charge in [0.15, 0.2) is 5.96 Å². The van der Waals surface area contributed by atoms with Crippen LogP contribution in [0.2, 0.25) is 0 Å². The Morgan fingerprint density at radius 2 is 2.05 bits per heavy atom. The maximum atomic E-state index is 11.2. The Balaban J connectivity index is 2.15. The van der Waals surface area contributed by atoms with Gasteiger partial charge in [-0.25, -0.2) is 0 Å². The van der Waals surface area contributed by atoms with E-state index in [4.69, 9.17) is 4.74 Å². The molecule has 0 heterocycles. The van der Waals surface area contributed by atoms with Gasteiger partial charge in [-0.1, -0.05) is 13.3 Å². The lowest BCUT2D eigenvalue weighted by molar-refractivity contribution is -0.143. The molecule has 0 atom stereocenters. The van der Waals surface area contributed by atoms with Crippen LogP contribution < -0.4 is 10.6 Å². The van der Waals surface area contributed by atoms with Crippen LogP contribution in [0.25, 0.3) is 0 Å². The number of guanidine groups is 1. The maximum absolute atomic E-state index is 11.2. The smallest absolute Gasteiger partial charge is 0.305 e. The monoisotopic (exact) mass is 283 g/mol. The summed E-state index contributed by atoms with van der Waals surface area (Å²) in [6.45, 7) is 6.26. The van der Waals surface area contributed by atoms with Crippen LogP contribution in [0.3, 0.4) is 0 Å². The van der Waals surface area contributed by atoms with E-state index in [1.54, 1.807) is 7.05 Å². The van der Waals surface area contributed by atoms with Crippen LogP contribution in [0.5, 0.6) is 0 Å². The Morgan fingerprint density at radius 3 is 2.55 bits per heavy atom. The highest BCUT2D eigenvalue weighted by Crippen LogP contribution is 2.42. The lowest BCUT2D eigenvalue weighted by Crippen LogP contribution is -2.46. The topological polar surface area (TPSA) is 62.7 Å². The molecule has 0 unspecified atom stereocenters. The molecule has 116 valence electrons. The van der Waals surface area contributed by atoms with Gasteiger partial charge in [0.1, 0.15) is 0 Å². The summed E-state index contributed by atoms with van der Waals surface area (Å²) in [7, 11) is 1.78. The van der Waals surface area contributed by atoms with Crippen molar-refractivity contribution in [2.45, 2.75) is 52.4 Å². The molecule has 0 aromatic rings. The lowest BCUT2D eigenvalue weighted by Gasteiger charge is -2.41. The summed E-state index contributed by atoms with van der Waals surface area (Å²) in [5.74, 6) is 0.699. The van der Waals surface area contributed by atoms with E-state index >= 15 is 0 Å². The zero-order chi connectivity index (χ0) is 14.8. The number of aliphatic imine (C=N–C) groups is 1. The average Bonchev–Trinajstić information content (AvgIpc) is 2.40. The SMILES string of the molecule is CCOC(=O)CCCNC(=NC)NCC1(CC)CCC1. The van der Waals surface area contributed by atoms with Gasteiger partial charge in [-0.2, -0.15) is 0 Å². The Kier molecular flexibility index (Phi) is 7.41. The molecular weight excluding hydrogens is 254 g/mol. The van der Waals surface area contributed by atoms with E-state index in [9.17, 15) is 4.79 Å². The van der Waals surface area contributed by atoms with Gasteiger partial charge in [-0.3, -0.25) is 9.79 Å². The molecule has 0 aromatic heterocycles. The molecule has 0 saturated heterocycles. The Hall–Kier alpha value is -1.26. The van der Waals surface area contributed by atoms with Gasteiger partial charge in [0.05, 0.1) is 6.61 Å². The lowest BCUT2D eigenvalue weighted by atomic mass is 9.67. The number of hydrogen-bond acceptors (Lipinski definition) is 3. The van der Waals surface area contributed by atoms with E-state index in [0.717, 1.165) is 25.5 Å². The number of carbonyl (C=O) groups excluding carboxylic acids is 1. The molecule has 0 aliphatic heterocycles. The summed E-state index contributed by atoms with van der Waals surface area (Å²) in [5, 5.41) is 6.64. The third kappa shape index (κ3) is 5.39. The molecule has 1 aliphatic carbocycles. The number of nitrogens with zero attached hydrogens (tertiary/aromatic N) is 1. The molecule has 1 saturated carbocycles.